The first-order chi connectivity index (χ1) is 8.11. The summed E-state index contributed by atoms with van der Waals surface area (Å²) < 4.78 is 0. The lowest BCUT2D eigenvalue weighted by Gasteiger charge is -2.10. The lowest BCUT2D eigenvalue weighted by Crippen LogP contribution is -2.00. The molecule has 1 aromatic heterocycles. The molecule has 3 heteroatoms. The molecule has 2 aromatic rings. The standard InChI is InChI=1S/C14H17N3/c1-9-6-5-7-12(11(9)3)13-8-10(2)16-14(15-4)17-13/h5-8H,1-4H3,(H,15,16,17). The van der Waals surface area contributed by atoms with Crippen LogP contribution in [0.5, 0.6) is 0 Å². The van der Waals surface area contributed by atoms with E-state index in [0.717, 1.165) is 11.4 Å². The van der Waals surface area contributed by atoms with Gasteiger partial charge in [-0.1, -0.05) is 18.2 Å². The molecule has 0 unspecified atom stereocenters. The van der Waals surface area contributed by atoms with E-state index in [1.54, 1.807) is 0 Å². The summed E-state index contributed by atoms with van der Waals surface area (Å²) in [4.78, 5) is 8.81. The lowest BCUT2D eigenvalue weighted by atomic mass is 10.0. The molecule has 3 nitrogen and oxygen atoms in total. The smallest absolute Gasteiger partial charge is 0.223 e. The fourth-order valence-corrected chi connectivity index (χ4v) is 1.85. The molecular formula is C14H17N3. The largest absolute Gasteiger partial charge is 0.357 e. The summed E-state index contributed by atoms with van der Waals surface area (Å²) in [5, 5.41) is 2.99. The molecule has 0 spiro atoms. The minimum Gasteiger partial charge on any atom is -0.357 e. The number of aromatic nitrogens is 2. The van der Waals surface area contributed by atoms with Gasteiger partial charge in [-0.2, -0.15) is 0 Å². The number of anilines is 1. The number of aryl methyl sites for hydroxylation is 2. The molecule has 0 amide bonds. The maximum atomic E-state index is 4.50. The molecule has 0 aliphatic heterocycles. The van der Waals surface area contributed by atoms with E-state index in [9.17, 15) is 0 Å². The van der Waals surface area contributed by atoms with Crippen molar-refractivity contribution < 1.29 is 0 Å². The molecule has 0 saturated heterocycles. The Kier molecular flexibility index (Phi) is 3.09. The summed E-state index contributed by atoms with van der Waals surface area (Å²) in [6, 6.07) is 8.30. The maximum absolute atomic E-state index is 4.50. The zero-order valence-electron chi connectivity index (χ0n) is 10.7. The Morgan fingerprint density at radius 3 is 2.53 bits per heavy atom. The van der Waals surface area contributed by atoms with Gasteiger partial charge in [0.2, 0.25) is 5.95 Å². The van der Waals surface area contributed by atoms with Gasteiger partial charge in [-0.15, -0.1) is 0 Å². The molecule has 1 N–H and O–H groups in total. The first-order valence-corrected chi connectivity index (χ1v) is 5.72. The van der Waals surface area contributed by atoms with Crippen LogP contribution in [0.1, 0.15) is 16.8 Å². The molecule has 0 aliphatic rings. The third kappa shape index (κ3) is 2.28. The fourth-order valence-electron chi connectivity index (χ4n) is 1.85. The van der Waals surface area contributed by atoms with E-state index in [0.29, 0.717) is 5.95 Å². The van der Waals surface area contributed by atoms with Crippen molar-refractivity contribution in [2.75, 3.05) is 12.4 Å². The van der Waals surface area contributed by atoms with Gasteiger partial charge in [0.15, 0.2) is 0 Å². The first-order valence-electron chi connectivity index (χ1n) is 5.72. The predicted octanol–water partition coefficient (Wildman–Crippen LogP) is 3.11. The number of hydrogen-bond acceptors (Lipinski definition) is 3. The van der Waals surface area contributed by atoms with E-state index in [1.165, 1.54) is 16.7 Å². The Morgan fingerprint density at radius 1 is 1.06 bits per heavy atom. The van der Waals surface area contributed by atoms with Crippen LogP contribution in [0.25, 0.3) is 11.3 Å². The van der Waals surface area contributed by atoms with Gasteiger partial charge in [0, 0.05) is 18.3 Å². The topological polar surface area (TPSA) is 37.8 Å². The van der Waals surface area contributed by atoms with Crippen LogP contribution in [0.3, 0.4) is 0 Å². The van der Waals surface area contributed by atoms with Gasteiger partial charge in [0.25, 0.3) is 0 Å². The van der Waals surface area contributed by atoms with E-state index in [-0.39, 0.29) is 0 Å². The molecule has 1 heterocycles. The van der Waals surface area contributed by atoms with Crippen LogP contribution in [-0.2, 0) is 0 Å². The summed E-state index contributed by atoms with van der Waals surface area (Å²) in [7, 11) is 1.83. The average molecular weight is 227 g/mol. The Morgan fingerprint density at radius 2 is 1.82 bits per heavy atom. The van der Waals surface area contributed by atoms with Crippen molar-refractivity contribution in [2.45, 2.75) is 20.8 Å². The van der Waals surface area contributed by atoms with E-state index in [1.807, 2.05) is 20.0 Å². The Labute approximate surface area is 102 Å². The molecular weight excluding hydrogens is 210 g/mol. The Bertz CT molecular complexity index is 547. The highest BCUT2D eigenvalue weighted by Crippen LogP contribution is 2.24. The number of hydrogen-bond donors (Lipinski definition) is 1. The second-order valence-corrected chi connectivity index (χ2v) is 4.22. The van der Waals surface area contributed by atoms with Crippen LogP contribution in [0, 0.1) is 20.8 Å². The molecule has 1 aromatic carbocycles. The van der Waals surface area contributed by atoms with Crippen molar-refractivity contribution in [3.63, 3.8) is 0 Å². The minimum absolute atomic E-state index is 0.668. The molecule has 2 rings (SSSR count). The quantitative estimate of drug-likeness (QED) is 0.856. The monoisotopic (exact) mass is 227 g/mol. The maximum Gasteiger partial charge on any atom is 0.223 e. The zero-order chi connectivity index (χ0) is 12.4. The molecule has 0 fully saturated rings. The van der Waals surface area contributed by atoms with Crippen molar-refractivity contribution in [1.82, 2.24) is 9.97 Å². The summed E-state index contributed by atoms with van der Waals surface area (Å²) >= 11 is 0. The van der Waals surface area contributed by atoms with Gasteiger partial charge < -0.3 is 5.32 Å². The SMILES string of the molecule is CNc1nc(C)cc(-c2cccc(C)c2C)n1. The van der Waals surface area contributed by atoms with Crippen LogP contribution in [0.2, 0.25) is 0 Å². The van der Waals surface area contributed by atoms with Gasteiger partial charge in [-0.05, 0) is 38.0 Å². The van der Waals surface area contributed by atoms with Gasteiger partial charge in [0.1, 0.15) is 0 Å². The van der Waals surface area contributed by atoms with Crippen LogP contribution >= 0.6 is 0 Å². The summed E-state index contributed by atoms with van der Waals surface area (Å²) in [5.41, 5.74) is 5.67. The molecule has 0 atom stereocenters. The number of rotatable bonds is 2. The summed E-state index contributed by atoms with van der Waals surface area (Å²) in [6.07, 6.45) is 0. The van der Waals surface area contributed by atoms with Gasteiger partial charge >= 0.3 is 0 Å². The summed E-state index contributed by atoms with van der Waals surface area (Å²) in [5.74, 6) is 0.668. The molecule has 17 heavy (non-hydrogen) atoms. The van der Waals surface area contributed by atoms with Crippen molar-refractivity contribution in [3.8, 4) is 11.3 Å². The fraction of sp³-hybridized carbons (Fsp3) is 0.286. The van der Waals surface area contributed by atoms with Crippen molar-refractivity contribution in [1.29, 1.82) is 0 Å². The molecule has 88 valence electrons. The Balaban J connectivity index is 2.60. The number of nitrogens with zero attached hydrogens (tertiary/aromatic N) is 2. The van der Waals surface area contributed by atoms with E-state index in [4.69, 9.17) is 0 Å². The predicted molar refractivity (Wildman–Crippen MR) is 71.2 cm³/mol. The second-order valence-electron chi connectivity index (χ2n) is 4.22. The van der Waals surface area contributed by atoms with Gasteiger partial charge in [-0.3, -0.25) is 0 Å². The minimum atomic E-state index is 0.668. The molecule has 0 aliphatic carbocycles. The van der Waals surface area contributed by atoms with Crippen LogP contribution in [0.4, 0.5) is 5.95 Å². The molecule has 0 saturated carbocycles. The van der Waals surface area contributed by atoms with Gasteiger partial charge in [0.05, 0.1) is 5.69 Å². The highest BCUT2D eigenvalue weighted by molar-refractivity contribution is 5.66. The summed E-state index contributed by atoms with van der Waals surface area (Å²) in [6.45, 7) is 6.23. The van der Waals surface area contributed by atoms with Crippen molar-refractivity contribution in [3.05, 3.63) is 41.1 Å². The van der Waals surface area contributed by atoms with E-state index >= 15 is 0 Å². The zero-order valence-corrected chi connectivity index (χ0v) is 10.7. The van der Waals surface area contributed by atoms with Crippen LogP contribution < -0.4 is 5.32 Å². The van der Waals surface area contributed by atoms with Crippen LogP contribution in [-0.4, -0.2) is 17.0 Å². The first kappa shape index (κ1) is 11.6. The normalized spacial score (nSPS) is 10.4. The average Bonchev–Trinajstić information content (AvgIpc) is 2.31. The van der Waals surface area contributed by atoms with Crippen molar-refractivity contribution in [2.24, 2.45) is 0 Å². The van der Waals surface area contributed by atoms with Crippen LogP contribution in [0.15, 0.2) is 24.3 Å². The third-order valence-electron chi connectivity index (χ3n) is 2.96. The molecule has 0 bridgehead atoms. The second kappa shape index (κ2) is 4.53. The van der Waals surface area contributed by atoms with Crippen molar-refractivity contribution >= 4 is 5.95 Å². The van der Waals surface area contributed by atoms with E-state index in [2.05, 4.69) is 47.3 Å². The van der Waals surface area contributed by atoms with E-state index < -0.39 is 0 Å². The number of benzene rings is 1. The highest BCUT2D eigenvalue weighted by atomic mass is 15.1. The lowest BCUT2D eigenvalue weighted by molar-refractivity contribution is 1.10. The number of nitrogens with one attached hydrogen (secondary N) is 1. The Hall–Kier alpha value is -1.90. The molecule has 0 radical (unpaired) electrons. The van der Waals surface area contributed by atoms with Gasteiger partial charge in [-0.25, -0.2) is 9.97 Å². The third-order valence-corrected chi connectivity index (χ3v) is 2.96. The highest BCUT2D eigenvalue weighted by Gasteiger charge is 2.07.